The lowest BCUT2D eigenvalue weighted by atomic mass is 10.1. The molecule has 3 heterocycles. The number of fused-ring (bicyclic) bond motifs is 1. The lowest BCUT2D eigenvalue weighted by Gasteiger charge is -2.25. The van der Waals surface area contributed by atoms with Crippen LogP contribution in [0.3, 0.4) is 0 Å². The molecule has 19 heavy (non-hydrogen) atoms. The van der Waals surface area contributed by atoms with Gasteiger partial charge in [-0.3, -0.25) is 14.2 Å². The maximum absolute atomic E-state index is 12.1. The van der Waals surface area contributed by atoms with Crippen molar-refractivity contribution >= 4 is 22.8 Å². The highest BCUT2D eigenvalue weighted by Gasteiger charge is 2.20. The quantitative estimate of drug-likeness (QED) is 0.752. The molecule has 0 unspecified atom stereocenters. The number of nitrogens with zero attached hydrogens (tertiary/aromatic N) is 2. The van der Waals surface area contributed by atoms with E-state index >= 15 is 0 Å². The van der Waals surface area contributed by atoms with E-state index < -0.39 is 11.1 Å². The second-order valence-electron chi connectivity index (χ2n) is 4.64. The zero-order chi connectivity index (χ0) is 13.4. The minimum absolute atomic E-state index is 0.00669. The fourth-order valence-corrected chi connectivity index (χ4v) is 2.66. The van der Waals surface area contributed by atoms with Crippen molar-refractivity contribution in [1.29, 1.82) is 0 Å². The van der Waals surface area contributed by atoms with Crippen LogP contribution in [0.4, 0.5) is 0 Å². The van der Waals surface area contributed by atoms with Gasteiger partial charge in [-0.05, 0) is 32.0 Å². The molecule has 1 fully saturated rings. The number of halogens is 1. The predicted molar refractivity (Wildman–Crippen MR) is 72.8 cm³/mol. The van der Waals surface area contributed by atoms with Gasteiger partial charge in [-0.15, -0.1) is 0 Å². The summed E-state index contributed by atoms with van der Waals surface area (Å²) in [7, 11) is 0. The molecule has 0 radical (unpaired) electrons. The van der Waals surface area contributed by atoms with E-state index in [-0.39, 0.29) is 6.04 Å². The molecule has 0 spiro atoms. The van der Waals surface area contributed by atoms with Crippen molar-refractivity contribution in [3.8, 4) is 0 Å². The molecule has 7 heteroatoms. The van der Waals surface area contributed by atoms with Gasteiger partial charge >= 0.3 is 11.1 Å². The van der Waals surface area contributed by atoms with Gasteiger partial charge in [0.25, 0.3) is 0 Å². The summed E-state index contributed by atoms with van der Waals surface area (Å²) in [6.45, 7) is 1.66. The normalized spacial score (nSPS) is 16.9. The fraction of sp³-hybridized carbons (Fsp3) is 0.417. The van der Waals surface area contributed by atoms with E-state index in [1.54, 1.807) is 6.07 Å². The number of hydrogen-bond acceptors (Lipinski definition) is 4. The Hall–Kier alpha value is -1.66. The summed E-state index contributed by atoms with van der Waals surface area (Å²) in [5.74, 6) is 0. The van der Waals surface area contributed by atoms with Crippen molar-refractivity contribution in [3.63, 3.8) is 0 Å². The van der Waals surface area contributed by atoms with Crippen molar-refractivity contribution in [2.24, 2.45) is 0 Å². The van der Waals surface area contributed by atoms with Gasteiger partial charge in [-0.25, -0.2) is 4.98 Å². The lowest BCUT2D eigenvalue weighted by Crippen LogP contribution is -2.41. The molecule has 0 atom stereocenters. The first kappa shape index (κ1) is 12.4. The van der Waals surface area contributed by atoms with Crippen LogP contribution >= 0.6 is 11.6 Å². The second-order valence-corrected chi connectivity index (χ2v) is 5.07. The molecule has 100 valence electrons. The fourth-order valence-electron chi connectivity index (χ4n) is 2.50. The average Bonchev–Trinajstić information content (AvgIpc) is 2.41. The molecule has 2 aromatic heterocycles. The van der Waals surface area contributed by atoms with Crippen molar-refractivity contribution in [2.75, 3.05) is 13.1 Å². The van der Waals surface area contributed by atoms with Gasteiger partial charge in [0.05, 0.1) is 10.5 Å². The van der Waals surface area contributed by atoms with Crippen molar-refractivity contribution < 1.29 is 0 Å². The van der Waals surface area contributed by atoms with Crippen LogP contribution in [0.2, 0.25) is 5.02 Å². The molecular formula is C12H13ClN4O2. The number of nitrogens with one attached hydrogen (secondary N) is 2. The zero-order valence-electron chi connectivity index (χ0n) is 10.1. The van der Waals surface area contributed by atoms with Crippen LogP contribution < -0.4 is 16.4 Å². The van der Waals surface area contributed by atoms with E-state index in [2.05, 4.69) is 15.3 Å². The third-order valence-corrected chi connectivity index (χ3v) is 3.60. The molecule has 0 bridgehead atoms. The van der Waals surface area contributed by atoms with Crippen LogP contribution in [0.5, 0.6) is 0 Å². The highest BCUT2D eigenvalue weighted by molar-refractivity contribution is 6.30. The number of hydrogen-bond donors (Lipinski definition) is 2. The summed E-state index contributed by atoms with van der Waals surface area (Å²) < 4.78 is 1.51. The Balaban J connectivity index is 2.28. The molecule has 0 aromatic carbocycles. The van der Waals surface area contributed by atoms with Crippen LogP contribution in [0, 0.1) is 0 Å². The average molecular weight is 281 g/mol. The van der Waals surface area contributed by atoms with Gasteiger partial charge in [-0.2, -0.15) is 0 Å². The van der Waals surface area contributed by atoms with Crippen LogP contribution in [0.1, 0.15) is 18.9 Å². The third kappa shape index (κ3) is 2.17. The number of H-pyrrole nitrogens is 1. The van der Waals surface area contributed by atoms with Gasteiger partial charge < -0.3 is 10.3 Å². The number of rotatable bonds is 1. The van der Waals surface area contributed by atoms with E-state index in [1.807, 2.05) is 0 Å². The van der Waals surface area contributed by atoms with Crippen LogP contribution in [-0.2, 0) is 0 Å². The molecule has 2 aromatic rings. The maximum Gasteiger partial charge on any atom is 0.318 e. The Bertz CT molecular complexity index is 731. The molecule has 0 saturated carbocycles. The Morgan fingerprint density at radius 1 is 1.32 bits per heavy atom. The Morgan fingerprint density at radius 3 is 2.79 bits per heavy atom. The largest absolute Gasteiger partial charge is 0.318 e. The van der Waals surface area contributed by atoms with Gasteiger partial charge in [0.1, 0.15) is 0 Å². The summed E-state index contributed by atoms with van der Waals surface area (Å²) >= 11 is 5.87. The SMILES string of the molecule is O=c1[nH]c2cc(Cl)cnc2n(C2CCNCC2)c1=O. The van der Waals surface area contributed by atoms with Gasteiger partial charge in [0.15, 0.2) is 5.65 Å². The standard InChI is InChI=1S/C12H13ClN4O2/c13-7-5-9-10(15-6-7)17(12(19)11(18)16-9)8-1-3-14-4-2-8/h5-6,8,14H,1-4H2,(H,16,18). The van der Waals surface area contributed by atoms with E-state index in [4.69, 9.17) is 11.6 Å². The van der Waals surface area contributed by atoms with Gasteiger partial charge in [-0.1, -0.05) is 11.6 Å². The molecule has 0 amide bonds. The van der Waals surface area contributed by atoms with Crippen molar-refractivity contribution in [1.82, 2.24) is 19.9 Å². The van der Waals surface area contributed by atoms with Crippen LogP contribution in [-0.4, -0.2) is 27.6 Å². The smallest absolute Gasteiger partial charge is 0.317 e. The number of pyridine rings is 1. The van der Waals surface area contributed by atoms with Crippen LogP contribution in [0.15, 0.2) is 21.9 Å². The first-order valence-corrected chi connectivity index (χ1v) is 6.55. The minimum Gasteiger partial charge on any atom is -0.317 e. The van der Waals surface area contributed by atoms with E-state index in [1.165, 1.54) is 10.8 Å². The number of piperidine rings is 1. The molecular weight excluding hydrogens is 268 g/mol. The minimum atomic E-state index is -0.630. The highest BCUT2D eigenvalue weighted by atomic mass is 35.5. The Kier molecular flexibility index (Phi) is 3.12. The van der Waals surface area contributed by atoms with E-state index in [9.17, 15) is 9.59 Å². The Morgan fingerprint density at radius 2 is 2.05 bits per heavy atom. The molecule has 3 rings (SSSR count). The molecule has 1 aliphatic heterocycles. The molecule has 1 saturated heterocycles. The molecule has 2 N–H and O–H groups in total. The summed E-state index contributed by atoms with van der Waals surface area (Å²) in [5.41, 5.74) is -0.194. The monoisotopic (exact) mass is 280 g/mol. The molecule has 0 aliphatic carbocycles. The summed E-state index contributed by atoms with van der Waals surface area (Å²) in [6.07, 6.45) is 3.10. The highest BCUT2D eigenvalue weighted by Crippen LogP contribution is 2.20. The van der Waals surface area contributed by atoms with E-state index in [0.717, 1.165) is 25.9 Å². The zero-order valence-corrected chi connectivity index (χ0v) is 10.9. The Labute approximate surface area is 113 Å². The second kappa shape index (κ2) is 4.79. The van der Waals surface area contributed by atoms with Gasteiger partial charge in [0, 0.05) is 12.2 Å². The van der Waals surface area contributed by atoms with Gasteiger partial charge in [0.2, 0.25) is 0 Å². The number of aromatic amines is 1. The number of aromatic nitrogens is 3. The predicted octanol–water partition coefficient (Wildman–Crippen LogP) is 0.663. The van der Waals surface area contributed by atoms with Crippen LogP contribution in [0.25, 0.3) is 11.2 Å². The van der Waals surface area contributed by atoms with Crippen molar-refractivity contribution in [2.45, 2.75) is 18.9 Å². The maximum atomic E-state index is 12.1. The lowest BCUT2D eigenvalue weighted by molar-refractivity contribution is 0.366. The van der Waals surface area contributed by atoms with Crippen molar-refractivity contribution in [3.05, 3.63) is 38.0 Å². The van der Waals surface area contributed by atoms with E-state index in [0.29, 0.717) is 16.2 Å². The molecule has 1 aliphatic rings. The first-order chi connectivity index (χ1) is 9.16. The first-order valence-electron chi connectivity index (χ1n) is 6.17. The summed E-state index contributed by atoms with van der Waals surface area (Å²) in [6, 6.07) is 1.62. The topological polar surface area (TPSA) is 79.8 Å². The summed E-state index contributed by atoms with van der Waals surface area (Å²) in [5, 5.41) is 3.66. The molecule has 6 nitrogen and oxygen atoms in total. The third-order valence-electron chi connectivity index (χ3n) is 3.40. The summed E-state index contributed by atoms with van der Waals surface area (Å²) in [4.78, 5) is 30.6.